The van der Waals surface area contributed by atoms with Crippen LogP contribution in [0.25, 0.3) is 0 Å². The molecule has 1 fully saturated rings. The van der Waals surface area contributed by atoms with Crippen LogP contribution in [0, 0.1) is 11.2 Å². The lowest BCUT2D eigenvalue weighted by molar-refractivity contribution is -0.148. The highest BCUT2D eigenvalue weighted by molar-refractivity contribution is 6.04. The molecular weight excluding hydrogens is 359 g/mol. The molecule has 0 radical (unpaired) electrons. The van der Waals surface area contributed by atoms with Gasteiger partial charge < -0.3 is 15.1 Å². The maximum Gasteiger partial charge on any atom is 0.237 e. The van der Waals surface area contributed by atoms with E-state index in [1.807, 2.05) is 18.2 Å². The zero-order chi connectivity index (χ0) is 20.1. The van der Waals surface area contributed by atoms with Crippen LogP contribution in [0.3, 0.4) is 0 Å². The SMILES string of the molecule is CC(C)(C(=O)NCc1ccc(F)cc1)C(=O)N1CCN(c2ccccn2)CC1. The summed E-state index contributed by atoms with van der Waals surface area (Å²) in [6, 6.07) is 11.7. The highest BCUT2D eigenvalue weighted by atomic mass is 19.1. The number of benzene rings is 1. The van der Waals surface area contributed by atoms with Crippen molar-refractivity contribution in [3.8, 4) is 0 Å². The minimum absolute atomic E-state index is 0.190. The highest BCUT2D eigenvalue weighted by Gasteiger charge is 2.39. The topological polar surface area (TPSA) is 65.5 Å². The van der Waals surface area contributed by atoms with Crippen molar-refractivity contribution in [3.63, 3.8) is 0 Å². The van der Waals surface area contributed by atoms with E-state index in [4.69, 9.17) is 0 Å². The highest BCUT2D eigenvalue weighted by Crippen LogP contribution is 2.22. The lowest BCUT2D eigenvalue weighted by atomic mass is 9.90. The number of rotatable bonds is 5. The third-order valence-electron chi connectivity index (χ3n) is 5.01. The van der Waals surface area contributed by atoms with Crippen molar-refractivity contribution in [3.05, 3.63) is 60.0 Å². The average molecular weight is 384 g/mol. The summed E-state index contributed by atoms with van der Waals surface area (Å²) in [4.78, 5) is 33.8. The van der Waals surface area contributed by atoms with Gasteiger partial charge in [-0.15, -0.1) is 0 Å². The predicted molar refractivity (Wildman–Crippen MR) is 105 cm³/mol. The smallest absolute Gasteiger partial charge is 0.237 e. The summed E-state index contributed by atoms with van der Waals surface area (Å²) < 4.78 is 13.0. The van der Waals surface area contributed by atoms with Gasteiger partial charge in [0.05, 0.1) is 0 Å². The van der Waals surface area contributed by atoms with E-state index in [0.29, 0.717) is 26.2 Å². The van der Waals surface area contributed by atoms with E-state index in [1.165, 1.54) is 12.1 Å². The molecule has 1 aliphatic rings. The van der Waals surface area contributed by atoms with E-state index < -0.39 is 5.41 Å². The van der Waals surface area contributed by atoms with Crippen molar-refractivity contribution >= 4 is 17.6 Å². The Morgan fingerprint density at radius 2 is 1.75 bits per heavy atom. The van der Waals surface area contributed by atoms with Gasteiger partial charge in [-0.2, -0.15) is 0 Å². The van der Waals surface area contributed by atoms with E-state index in [0.717, 1.165) is 11.4 Å². The first kappa shape index (κ1) is 19.8. The lowest BCUT2D eigenvalue weighted by Crippen LogP contribution is -2.55. The van der Waals surface area contributed by atoms with E-state index in [-0.39, 0.29) is 24.2 Å². The number of aromatic nitrogens is 1. The molecule has 6 nitrogen and oxygen atoms in total. The van der Waals surface area contributed by atoms with Crippen molar-refractivity contribution in [2.45, 2.75) is 20.4 Å². The quantitative estimate of drug-likeness (QED) is 0.803. The number of carbonyl (C=O) groups excluding carboxylic acids is 2. The molecule has 1 aliphatic heterocycles. The molecule has 2 amide bonds. The lowest BCUT2D eigenvalue weighted by Gasteiger charge is -2.38. The maximum atomic E-state index is 13.0. The largest absolute Gasteiger partial charge is 0.353 e. The zero-order valence-electron chi connectivity index (χ0n) is 16.2. The Hall–Kier alpha value is -2.96. The molecule has 1 aromatic heterocycles. The van der Waals surface area contributed by atoms with Crippen LogP contribution >= 0.6 is 0 Å². The van der Waals surface area contributed by atoms with Crippen LogP contribution in [-0.4, -0.2) is 47.9 Å². The van der Waals surface area contributed by atoms with Crippen LogP contribution < -0.4 is 10.2 Å². The van der Waals surface area contributed by atoms with Crippen LogP contribution in [0.1, 0.15) is 19.4 Å². The van der Waals surface area contributed by atoms with Gasteiger partial charge in [0, 0.05) is 38.9 Å². The van der Waals surface area contributed by atoms with Crippen LogP contribution in [0.4, 0.5) is 10.2 Å². The molecule has 1 aromatic carbocycles. The number of pyridine rings is 1. The molecule has 0 atom stereocenters. The van der Waals surface area contributed by atoms with Gasteiger partial charge in [0.2, 0.25) is 11.8 Å². The first-order valence-electron chi connectivity index (χ1n) is 9.36. The number of amides is 2. The molecule has 148 valence electrons. The standard InChI is InChI=1S/C21H25FN4O2/c1-21(2,19(27)24-15-16-6-8-17(22)9-7-16)20(28)26-13-11-25(12-14-26)18-5-3-4-10-23-18/h3-10H,11-15H2,1-2H3,(H,24,27). The Kier molecular flexibility index (Phi) is 5.92. The second-order valence-corrected chi connectivity index (χ2v) is 7.40. The maximum absolute atomic E-state index is 13.0. The fourth-order valence-corrected chi connectivity index (χ4v) is 3.18. The summed E-state index contributed by atoms with van der Waals surface area (Å²) in [5.74, 6) is 0.0417. The van der Waals surface area contributed by atoms with Gasteiger partial charge in [-0.3, -0.25) is 9.59 Å². The number of nitrogens with one attached hydrogen (secondary N) is 1. The van der Waals surface area contributed by atoms with Crippen LogP contribution in [-0.2, 0) is 16.1 Å². The monoisotopic (exact) mass is 384 g/mol. The average Bonchev–Trinajstić information content (AvgIpc) is 2.73. The van der Waals surface area contributed by atoms with Crippen LogP contribution in [0.15, 0.2) is 48.7 Å². The van der Waals surface area contributed by atoms with Gasteiger partial charge in [-0.1, -0.05) is 18.2 Å². The molecule has 3 rings (SSSR count). The number of hydrogen-bond acceptors (Lipinski definition) is 4. The van der Waals surface area contributed by atoms with Crippen molar-refractivity contribution in [1.82, 2.24) is 15.2 Å². The Bertz CT molecular complexity index is 816. The molecule has 7 heteroatoms. The summed E-state index contributed by atoms with van der Waals surface area (Å²) >= 11 is 0. The molecule has 0 bridgehead atoms. The minimum Gasteiger partial charge on any atom is -0.353 e. The molecular formula is C21H25FN4O2. The Morgan fingerprint density at radius 3 is 2.36 bits per heavy atom. The van der Waals surface area contributed by atoms with E-state index in [2.05, 4.69) is 15.2 Å². The number of piperazine rings is 1. The predicted octanol–water partition coefficient (Wildman–Crippen LogP) is 2.21. The normalized spacial score (nSPS) is 14.7. The van der Waals surface area contributed by atoms with Crippen molar-refractivity contribution < 1.29 is 14.0 Å². The van der Waals surface area contributed by atoms with E-state index in [1.54, 1.807) is 37.1 Å². The van der Waals surface area contributed by atoms with Gasteiger partial charge in [-0.05, 0) is 43.7 Å². The van der Waals surface area contributed by atoms with Crippen LogP contribution in [0.2, 0.25) is 0 Å². The molecule has 1 saturated heterocycles. The second kappa shape index (κ2) is 8.37. The summed E-state index contributed by atoms with van der Waals surface area (Å²) in [5.41, 5.74) is -0.394. The molecule has 0 unspecified atom stereocenters. The number of hydrogen-bond donors (Lipinski definition) is 1. The van der Waals surface area contributed by atoms with Crippen molar-refractivity contribution in [2.75, 3.05) is 31.1 Å². The molecule has 2 heterocycles. The minimum atomic E-state index is -1.17. The Labute approximate surface area is 164 Å². The fraction of sp³-hybridized carbons (Fsp3) is 0.381. The van der Waals surface area contributed by atoms with Gasteiger partial charge >= 0.3 is 0 Å². The van der Waals surface area contributed by atoms with Gasteiger partial charge in [0.15, 0.2) is 0 Å². The fourth-order valence-electron chi connectivity index (χ4n) is 3.18. The molecule has 0 saturated carbocycles. The summed E-state index contributed by atoms with van der Waals surface area (Å²) in [6.45, 7) is 5.98. The zero-order valence-corrected chi connectivity index (χ0v) is 16.2. The Balaban J connectivity index is 1.55. The first-order chi connectivity index (χ1) is 13.4. The molecule has 28 heavy (non-hydrogen) atoms. The Morgan fingerprint density at radius 1 is 1.07 bits per heavy atom. The number of halogens is 1. The summed E-state index contributed by atoms with van der Waals surface area (Å²) in [5, 5.41) is 2.78. The summed E-state index contributed by atoms with van der Waals surface area (Å²) in [7, 11) is 0. The summed E-state index contributed by atoms with van der Waals surface area (Å²) in [6.07, 6.45) is 1.75. The number of anilines is 1. The van der Waals surface area contributed by atoms with E-state index in [9.17, 15) is 14.0 Å². The molecule has 0 aliphatic carbocycles. The van der Waals surface area contributed by atoms with Gasteiger partial charge in [0.25, 0.3) is 0 Å². The van der Waals surface area contributed by atoms with Crippen molar-refractivity contribution in [1.29, 1.82) is 0 Å². The van der Waals surface area contributed by atoms with Gasteiger partial charge in [-0.25, -0.2) is 9.37 Å². The third kappa shape index (κ3) is 4.47. The first-order valence-corrected chi connectivity index (χ1v) is 9.36. The third-order valence-corrected chi connectivity index (χ3v) is 5.01. The van der Waals surface area contributed by atoms with E-state index >= 15 is 0 Å². The molecule has 2 aromatic rings. The second-order valence-electron chi connectivity index (χ2n) is 7.40. The number of carbonyl (C=O) groups is 2. The van der Waals surface area contributed by atoms with Gasteiger partial charge in [0.1, 0.15) is 17.1 Å². The van der Waals surface area contributed by atoms with Crippen molar-refractivity contribution in [2.24, 2.45) is 5.41 Å². The van der Waals surface area contributed by atoms with Crippen LogP contribution in [0.5, 0.6) is 0 Å². The molecule has 1 N–H and O–H groups in total. The number of nitrogens with zero attached hydrogens (tertiary/aromatic N) is 3. The molecule has 0 spiro atoms.